The molecular formula is C12H10ClN3O4. The summed E-state index contributed by atoms with van der Waals surface area (Å²) in [5.41, 5.74) is -0.0181. The number of carbonyl (C=O) groups is 1. The van der Waals surface area contributed by atoms with Crippen LogP contribution in [0.1, 0.15) is 22.0 Å². The molecule has 0 atom stereocenters. The zero-order valence-corrected chi connectivity index (χ0v) is 11.2. The van der Waals surface area contributed by atoms with Crippen molar-refractivity contribution in [1.29, 1.82) is 0 Å². The lowest BCUT2D eigenvalue weighted by atomic mass is 10.2. The first-order valence-electron chi connectivity index (χ1n) is 5.61. The quantitative estimate of drug-likeness (QED) is 0.690. The number of rotatable bonds is 4. The van der Waals surface area contributed by atoms with Gasteiger partial charge in [-0.2, -0.15) is 0 Å². The summed E-state index contributed by atoms with van der Waals surface area (Å²) in [6, 6.07) is 3.77. The van der Waals surface area contributed by atoms with E-state index >= 15 is 0 Å². The lowest BCUT2D eigenvalue weighted by molar-refractivity contribution is -0.384. The maximum atomic E-state index is 11.8. The maximum absolute atomic E-state index is 11.8. The van der Waals surface area contributed by atoms with Gasteiger partial charge in [0.2, 0.25) is 5.89 Å². The van der Waals surface area contributed by atoms with Crippen molar-refractivity contribution in [3.63, 3.8) is 0 Å². The van der Waals surface area contributed by atoms with E-state index in [9.17, 15) is 14.9 Å². The molecule has 0 saturated heterocycles. The highest BCUT2D eigenvalue weighted by Gasteiger charge is 2.15. The van der Waals surface area contributed by atoms with Crippen molar-refractivity contribution in [2.24, 2.45) is 0 Å². The Morgan fingerprint density at radius 2 is 2.30 bits per heavy atom. The van der Waals surface area contributed by atoms with Gasteiger partial charge in [0.15, 0.2) is 0 Å². The number of oxazole rings is 1. The number of hydrogen-bond acceptors (Lipinski definition) is 5. The molecule has 1 amide bonds. The van der Waals surface area contributed by atoms with Crippen molar-refractivity contribution >= 4 is 23.2 Å². The molecule has 104 valence electrons. The van der Waals surface area contributed by atoms with E-state index in [-0.39, 0.29) is 22.8 Å². The molecule has 8 heteroatoms. The molecule has 0 unspecified atom stereocenters. The Kier molecular flexibility index (Phi) is 3.99. The van der Waals surface area contributed by atoms with Crippen LogP contribution in [-0.2, 0) is 6.54 Å². The summed E-state index contributed by atoms with van der Waals surface area (Å²) in [5, 5.41) is 13.1. The van der Waals surface area contributed by atoms with Crippen LogP contribution in [0, 0.1) is 17.0 Å². The number of aryl methyl sites for hydroxylation is 1. The van der Waals surface area contributed by atoms with Crippen molar-refractivity contribution < 1.29 is 14.1 Å². The van der Waals surface area contributed by atoms with Gasteiger partial charge < -0.3 is 9.73 Å². The smallest absolute Gasteiger partial charge is 0.287 e. The summed E-state index contributed by atoms with van der Waals surface area (Å²) in [6.07, 6.45) is 1.55. The highest BCUT2D eigenvalue weighted by Crippen LogP contribution is 2.24. The van der Waals surface area contributed by atoms with Crippen molar-refractivity contribution in [2.45, 2.75) is 13.5 Å². The fraction of sp³-hybridized carbons (Fsp3) is 0.167. The molecule has 1 aromatic carbocycles. The fourth-order valence-electron chi connectivity index (χ4n) is 1.54. The Labute approximate surface area is 118 Å². The molecule has 20 heavy (non-hydrogen) atoms. The molecule has 0 radical (unpaired) electrons. The molecule has 0 saturated carbocycles. The van der Waals surface area contributed by atoms with Gasteiger partial charge in [0.1, 0.15) is 10.8 Å². The van der Waals surface area contributed by atoms with Crippen LogP contribution in [0.4, 0.5) is 5.69 Å². The SMILES string of the molecule is Cc1cnc(CNC(=O)c2ccc([N+](=O)[O-])c(Cl)c2)o1. The molecule has 0 fully saturated rings. The molecule has 0 aliphatic rings. The summed E-state index contributed by atoms with van der Waals surface area (Å²) in [5.74, 6) is 0.606. The van der Waals surface area contributed by atoms with Crippen molar-refractivity contribution in [3.05, 3.63) is 56.7 Å². The Balaban J connectivity index is 2.06. The Bertz CT molecular complexity index is 668. The first-order chi connectivity index (χ1) is 9.47. The third kappa shape index (κ3) is 3.12. The zero-order valence-electron chi connectivity index (χ0n) is 10.4. The average molecular weight is 296 g/mol. The normalized spacial score (nSPS) is 10.3. The number of nitro groups is 1. The fourth-order valence-corrected chi connectivity index (χ4v) is 1.79. The molecule has 2 aromatic rings. The third-order valence-corrected chi connectivity index (χ3v) is 2.78. The van der Waals surface area contributed by atoms with Gasteiger partial charge in [-0.15, -0.1) is 0 Å². The predicted octanol–water partition coefficient (Wildman–Crippen LogP) is 2.47. The Morgan fingerprint density at radius 3 is 2.85 bits per heavy atom. The monoisotopic (exact) mass is 295 g/mol. The van der Waals surface area contributed by atoms with Crippen LogP contribution >= 0.6 is 11.6 Å². The van der Waals surface area contributed by atoms with E-state index in [0.29, 0.717) is 11.7 Å². The van der Waals surface area contributed by atoms with Gasteiger partial charge in [0, 0.05) is 11.6 Å². The van der Waals surface area contributed by atoms with Crippen LogP contribution in [0.2, 0.25) is 5.02 Å². The number of nitrogens with one attached hydrogen (secondary N) is 1. The van der Waals surface area contributed by atoms with E-state index in [4.69, 9.17) is 16.0 Å². The summed E-state index contributed by atoms with van der Waals surface area (Å²) in [6.45, 7) is 1.87. The van der Waals surface area contributed by atoms with Crippen molar-refractivity contribution in [3.8, 4) is 0 Å². The van der Waals surface area contributed by atoms with Crippen LogP contribution in [0.3, 0.4) is 0 Å². The minimum Gasteiger partial charge on any atom is -0.444 e. The molecular weight excluding hydrogens is 286 g/mol. The maximum Gasteiger partial charge on any atom is 0.287 e. The molecule has 0 spiro atoms. The second-order valence-corrected chi connectivity index (χ2v) is 4.38. The van der Waals surface area contributed by atoms with Gasteiger partial charge >= 0.3 is 0 Å². The molecule has 0 bridgehead atoms. The van der Waals surface area contributed by atoms with E-state index in [2.05, 4.69) is 10.3 Å². The number of hydrogen-bond donors (Lipinski definition) is 1. The topological polar surface area (TPSA) is 98.3 Å². The molecule has 0 aliphatic heterocycles. The summed E-state index contributed by atoms with van der Waals surface area (Å²) < 4.78 is 5.20. The Hall–Kier alpha value is -2.41. The lowest BCUT2D eigenvalue weighted by Gasteiger charge is -2.03. The molecule has 2 rings (SSSR count). The van der Waals surface area contributed by atoms with E-state index in [1.54, 1.807) is 13.1 Å². The molecule has 0 aliphatic carbocycles. The van der Waals surface area contributed by atoms with Crippen molar-refractivity contribution in [1.82, 2.24) is 10.3 Å². The number of halogens is 1. The molecule has 7 nitrogen and oxygen atoms in total. The average Bonchev–Trinajstić information content (AvgIpc) is 2.81. The first-order valence-corrected chi connectivity index (χ1v) is 5.98. The van der Waals surface area contributed by atoms with Crippen LogP contribution in [0.25, 0.3) is 0 Å². The van der Waals surface area contributed by atoms with Gasteiger partial charge in [-0.3, -0.25) is 14.9 Å². The van der Waals surface area contributed by atoms with Gasteiger partial charge in [0.05, 0.1) is 17.7 Å². The number of nitro benzene ring substituents is 1. The van der Waals surface area contributed by atoms with E-state index in [0.717, 1.165) is 0 Å². The molecule has 1 aromatic heterocycles. The second kappa shape index (κ2) is 5.70. The Morgan fingerprint density at radius 1 is 1.55 bits per heavy atom. The summed E-state index contributed by atoms with van der Waals surface area (Å²) in [4.78, 5) is 25.8. The largest absolute Gasteiger partial charge is 0.444 e. The highest BCUT2D eigenvalue weighted by molar-refractivity contribution is 6.33. The van der Waals surface area contributed by atoms with Crippen LogP contribution < -0.4 is 5.32 Å². The summed E-state index contributed by atoms with van der Waals surface area (Å²) >= 11 is 5.74. The van der Waals surface area contributed by atoms with Crippen LogP contribution in [0.5, 0.6) is 0 Å². The van der Waals surface area contributed by atoms with E-state index < -0.39 is 10.8 Å². The first kappa shape index (κ1) is 14.0. The summed E-state index contributed by atoms with van der Waals surface area (Å²) in [7, 11) is 0. The van der Waals surface area contributed by atoms with Crippen LogP contribution in [-0.4, -0.2) is 15.8 Å². The predicted molar refractivity (Wildman–Crippen MR) is 70.5 cm³/mol. The minimum absolute atomic E-state index is 0.0883. The number of benzene rings is 1. The number of aromatic nitrogens is 1. The van der Waals surface area contributed by atoms with Gasteiger partial charge in [0.25, 0.3) is 11.6 Å². The lowest BCUT2D eigenvalue weighted by Crippen LogP contribution is -2.22. The van der Waals surface area contributed by atoms with E-state index in [1.165, 1.54) is 18.2 Å². The zero-order chi connectivity index (χ0) is 14.7. The molecule has 1 heterocycles. The van der Waals surface area contributed by atoms with Gasteiger partial charge in [-0.05, 0) is 19.1 Å². The number of nitrogens with zero attached hydrogens (tertiary/aromatic N) is 2. The second-order valence-electron chi connectivity index (χ2n) is 3.97. The standard InChI is InChI=1S/C12H10ClN3O4/c1-7-5-14-11(20-7)6-15-12(17)8-2-3-10(16(18)19)9(13)4-8/h2-5H,6H2,1H3,(H,15,17). The van der Waals surface area contributed by atoms with Crippen LogP contribution in [0.15, 0.2) is 28.8 Å². The minimum atomic E-state index is -0.612. The number of amides is 1. The van der Waals surface area contributed by atoms with Crippen molar-refractivity contribution in [2.75, 3.05) is 0 Å². The third-order valence-electron chi connectivity index (χ3n) is 2.48. The van der Waals surface area contributed by atoms with Gasteiger partial charge in [-0.25, -0.2) is 4.98 Å². The van der Waals surface area contributed by atoms with Gasteiger partial charge in [-0.1, -0.05) is 11.6 Å². The molecule has 1 N–H and O–H groups in total. The number of carbonyl (C=O) groups excluding carboxylic acids is 1. The van der Waals surface area contributed by atoms with E-state index in [1.807, 2.05) is 0 Å². The highest BCUT2D eigenvalue weighted by atomic mass is 35.5.